The molecule has 1 aliphatic rings. The van der Waals surface area contributed by atoms with Crippen LogP contribution in [-0.4, -0.2) is 35.4 Å². The quantitative estimate of drug-likeness (QED) is 0.748. The lowest BCUT2D eigenvalue weighted by atomic mass is 10.0. The summed E-state index contributed by atoms with van der Waals surface area (Å²) in [6.45, 7) is 2.41. The second-order valence-corrected chi connectivity index (χ2v) is 7.01. The molecule has 5 nitrogen and oxygen atoms in total. The first kappa shape index (κ1) is 18.4. The number of rotatable bonds is 4. The van der Waals surface area contributed by atoms with Gasteiger partial charge in [0.15, 0.2) is 0 Å². The number of thiazole rings is 1. The molecule has 0 bridgehead atoms. The van der Waals surface area contributed by atoms with E-state index >= 15 is 0 Å². The molecule has 26 heavy (non-hydrogen) atoms. The Hall–Kier alpha value is -2.35. The van der Waals surface area contributed by atoms with Gasteiger partial charge >= 0.3 is 5.97 Å². The Morgan fingerprint density at radius 2 is 2.04 bits per heavy atom. The lowest BCUT2D eigenvalue weighted by Gasteiger charge is -2.23. The fourth-order valence-corrected chi connectivity index (χ4v) is 4.04. The first-order valence-electron chi connectivity index (χ1n) is 8.15. The number of aromatic nitrogens is 1. The number of hydrogen-bond donors (Lipinski definition) is 0. The summed E-state index contributed by atoms with van der Waals surface area (Å²) >= 11 is 1.48. The van der Waals surface area contributed by atoms with Gasteiger partial charge in [-0.2, -0.15) is 0 Å². The minimum atomic E-state index is -2.79. The van der Waals surface area contributed by atoms with Gasteiger partial charge in [-0.25, -0.2) is 18.6 Å². The normalized spacial score (nSPS) is 17.0. The van der Waals surface area contributed by atoms with Crippen LogP contribution in [0, 0.1) is 6.92 Å². The van der Waals surface area contributed by atoms with E-state index in [0.29, 0.717) is 6.54 Å². The molecule has 1 fully saturated rings. The molecule has 1 unspecified atom stereocenters. The molecule has 3 rings (SSSR count). The number of amides is 1. The predicted molar refractivity (Wildman–Crippen MR) is 92.6 cm³/mol. The van der Waals surface area contributed by atoms with Gasteiger partial charge < -0.3 is 9.64 Å². The highest BCUT2D eigenvalue weighted by atomic mass is 32.1. The maximum Gasteiger partial charge on any atom is 0.337 e. The molecule has 0 spiro atoms. The highest BCUT2D eigenvalue weighted by Crippen LogP contribution is 2.35. The maximum absolute atomic E-state index is 13.2. The Kier molecular flexibility index (Phi) is 5.31. The number of hydrogen-bond acceptors (Lipinski definition) is 5. The third-order valence-electron chi connectivity index (χ3n) is 4.31. The second kappa shape index (κ2) is 7.49. The molecule has 2 aromatic rings. The van der Waals surface area contributed by atoms with E-state index in [1.165, 1.54) is 24.5 Å². The zero-order valence-electron chi connectivity index (χ0n) is 14.4. The Morgan fingerprint density at radius 1 is 1.31 bits per heavy atom. The fraction of sp³-hybridized carbons (Fsp3) is 0.389. The summed E-state index contributed by atoms with van der Waals surface area (Å²) in [5, 5.41) is 2.76. The van der Waals surface area contributed by atoms with Gasteiger partial charge in [-0.05, 0) is 38.0 Å². The second-order valence-electron chi connectivity index (χ2n) is 6.12. The average molecular weight is 380 g/mol. The van der Waals surface area contributed by atoms with Crippen molar-refractivity contribution in [2.75, 3.05) is 13.7 Å². The van der Waals surface area contributed by atoms with Crippen LogP contribution in [0.25, 0.3) is 0 Å². The van der Waals surface area contributed by atoms with Gasteiger partial charge in [-0.15, -0.1) is 11.3 Å². The van der Waals surface area contributed by atoms with E-state index in [9.17, 15) is 18.4 Å². The molecule has 0 saturated carbocycles. The lowest BCUT2D eigenvalue weighted by Crippen LogP contribution is -2.30. The van der Waals surface area contributed by atoms with Crippen LogP contribution in [0.4, 0.5) is 8.78 Å². The number of halogens is 2. The summed E-state index contributed by atoms with van der Waals surface area (Å²) in [5.74, 6) is -1.14. The number of aryl methyl sites for hydroxylation is 1. The first-order valence-corrected chi connectivity index (χ1v) is 9.03. The smallest absolute Gasteiger partial charge is 0.337 e. The SMILES string of the molecule is COC(=O)c1cc(C(=O)N2CCCC2c2nc(C)cs2)cc(C(F)F)c1. The van der Waals surface area contributed by atoms with E-state index in [2.05, 4.69) is 9.72 Å². The van der Waals surface area contributed by atoms with Crippen molar-refractivity contribution in [3.05, 3.63) is 51.0 Å². The Bertz CT molecular complexity index is 838. The molecule has 0 N–H and O–H groups in total. The monoisotopic (exact) mass is 380 g/mol. The van der Waals surface area contributed by atoms with Crippen LogP contribution in [-0.2, 0) is 4.74 Å². The van der Waals surface area contributed by atoms with Crippen LogP contribution in [0.5, 0.6) is 0 Å². The number of nitrogens with zero attached hydrogens (tertiary/aromatic N) is 2. The molecular formula is C18H18F2N2O3S. The molecule has 0 radical (unpaired) electrons. The zero-order valence-corrected chi connectivity index (χ0v) is 15.2. The Balaban J connectivity index is 1.95. The van der Waals surface area contributed by atoms with Crippen LogP contribution < -0.4 is 0 Å². The van der Waals surface area contributed by atoms with Crippen molar-refractivity contribution >= 4 is 23.2 Å². The predicted octanol–water partition coefficient (Wildman–Crippen LogP) is 4.15. The average Bonchev–Trinajstić information content (AvgIpc) is 3.28. The minimum Gasteiger partial charge on any atom is -0.465 e. The van der Waals surface area contributed by atoms with E-state index < -0.39 is 12.4 Å². The summed E-state index contributed by atoms with van der Waals surface area (Å²) in [6, 6.07) is 3.33. The van der Waals surface area contributed by atoms with E-state index in [0.717, 1.165) is 35.7 Å². The molecule has 1 aliphatic heterocycles. The van der Waals surface area contributed by atoms with Gasteiger partial charge in [0.2, 0.25) is 0 Å². The number of benzene rings is 1. The highest BCUT2D eigenvalue weighted by Gasteiger charge is 2.33. The molecule has 1 amide bonds. The third-order valence-corrected chi connectivity index (χ3v) is 5.37. The van der Waals surface area contributed by atoms with Crippen molar-refractivity contribution in [1.29, 1.82) is 0 Å². The van der Waals surface area contributed by atoms with Crippen molar-refractivity contribution in [2.24, 2.45) is 0 Å². The molecular weight excluding hydrogens is 362 g/mol. The molecule has 1 saturated heterocycles. The number of carbonyl (C=O) groups excluding carboxylic acids is 2. The Morgan fingerprint density at radius 3 is 2.65 bits per heavy atom. The van der Waals surface area contributed by atoms with Gasteiger partial charge in [0, 0.05) is 28.7 Å². The lowest BCUT2D eigenvalue weighted by molar-refractivity contribution is 0.0600. The maximum atomic E-state index is 13.2. The van der Waals surface area contributed by atoms with Crippen molar-refractivity contribution in [3.8, 4) is 0 Å². The largest absolute Gasteiger partial charge is 0.465 e. The fourth-order valence-electron chi connectivity index (χ4n) is 3.09. The molecule has 1 atom stereocenters. The van der Waals surface area contributed by atoms with E-state index in [1.54, 1.807) is 4.90 Å². The molecule has 8 heteroatoms. The summed E-state index contributed by atoms with van der Waals surface area (Å²) in [5.41, 5.74) is 0.506. The van der Waals surface area contributed by atoms with Gasteiger partial charge in [0.25, 0.3) is 12.3 Å². The standard InChI is InChI=1S/C18H18F2N2O3S/c1-10-9-26-16(21-10)14-4-3-5-22(14)17(23)12-6-11(15(19)20)7-13(8-12)18(24)25-2/h6-9,14-15H,3-5H2,1-2H3. The number of esters is 1. The highest BCUT2D eigenvalue weighted by molar-refractivity contribution is 7.09. The van der Waals surface area contributed by atoms with Crippen LogP contribution >= 0.6 is 11.3 Å². The summed E-state index contributed by atoms with van der Waals surface area (Å²) < 4.78 is 31.0. The number of ether oxygens (including phenoxy) is 1. The minimum absolute atomic E-state index is 0.0587. The number of alkyl halides is 2. The van der Waals surface area contributed by atoms with Crippen molar-refractivity contribution in [3.63, 3.8) is 0 Å². The summed E-state index contributed by atoms with van der Waals surface area (Å²) in [7, 11) is 1.17. The van der Waals surface area contributed by atoms with Crippen molar-refractivity contribution in [1.82, 2.24) is 9.88 Å². The van der Waals surface area contributed by atoms with Gasteiger partial charge in [-0.1, -0.05) is 0 Å². The number of methoxy groups -OCH3 is 1. The third kappa shape index (κ3) is 3.60. The molecule has 0 aliphatic carbocycles. The van der Waals surface area contributed by atoms with Crippen LogP contribution in [0.3, 0.4) is 0 Å². The summed E-state index contributed by atoms with van der Waals surface area (Å²) in [6.07, 6.45) is -1.20. The van der Waals surface area contributed by atoms with Gasteiger partial charge in [-0.3, -0.25) is 4.79 Å². The topological polar surface area (TPSA) is 59.5 Å². The van der Waals surface area contributed by atoms with Crippen molar-refractivity contribution < 1.29 is 23.1 Å². The van der Waals surface area contributed by atoms with Crippen LogP contribution in [0.2, 0.25) is 0 Å². The van der Waals surface area contributed by atoms with E-state index in [-0.39, 0.29) is 28.6 Å². The van der Waals surface area contributed by atoms with Crippen molar-refractivity contribution in [2.45, 2.75) is 32.2 Å². The summed E-state index contributed by atoms with van der Waals surface area (Å²) in [4.78, 5) is 30.9. The molecule has 2 heterocycles. The van der Waals surface area contributed by atoms with Crippen LogP contribution in [0.15, 0.2) is 23.6 Å². The van der Waals surface area contributed by atoms with Gasteiger partial charge in [0.05, 0.1) is 18.7 Å². The molecule has 1 aromatic heterocycles. The zero-order chi connectivity index (χ0) is 18.8. The van der Waals surface area contributed by atoms with E-state index in [1.807, 2.05) is 12.3 Å². The van der Waals surface area contributed by atoms with Gasteiger partial charge in [0.1, 0.15) is 5.01 Å². The number of carbonyl (C=O) groups is 2. The van der Waals surface area contributed by atoms with E-state index in [4.69, 9.17) is 0 Å². The van der Waals surface area contributed by atoms with Crippen LogP contribution in [0.1, 0.15) is 62.3 Å². The molecule has 1 aromatic carbocycles. The first-order chi connectivity index (χ1) is 12.4. The molecule has 138 valence electrons. The number of likely N-dealkylation sites (tertiary alicyclic amines) is 1. The Labute approximate surface area is 153 Å².